The minimum absolute atomic E-state index is 0.0177. The van der Waals surface area contributed by atoms with Crippen molar-refractivity contribution in [3.63, 3.8) is 0 Å². The zero-order valence-electron chi connectivity index (χ0n) is 25.3. The van der Waals surface area contributed by atoms with Crippen LogP contribution in [0.5, 0.6) is 0 Å². The predicted octanol–water partition coefficient (Wildman–Crippen LogP) is 1.13. The molecule has 13 nitrogen and oxygen atoms in total. The standard InChI is InChI=1S/C31H41N7O6/c1-17(25(41)38-28-33-8-9-34-28)37-21(20-11-19(44-26(20)42)10-18-13-35-27(32)36-14-18)12-23-29(2)6-5-24(40)30(3,15-39)22(29)4-7-31(23)16-43-31/h8,10-11,13-14,17,21-24,37,39-40H,4-7,9,12,15-16H2,1-3H3,(H2,32,35,36)(H,34,38,41)/b19-10+/t17?,21?,22?,23?,24-,29+,30+,31?/m1/s1. The molecule has 13 heteroatoms. The van der Waals surface area contributed by atoms with E-state index in [1.807, 2.05) is 6.92 Å². The lowest BCUT2D eigenvalue weighted by atomic mass is 9.44. The van der Waals surface area contributed by atoms with Gasteiger partial charge in [-0.15, -0.1) is 0 Å². The Hall–Kier alpha value is -3.52. The number of aliphatic hydroxyl groups excluding tert-OH is 2. The number of anilines is 1. The summed E-state index contributed by atoms with van der Waals surface area (Å²) in [6.07, 6.45) is 10.9. The number of hydrogen-bond donors (Lipinski definition) is 5. The number of esters is 1. The van der Waals surface area contributed by atoms with Crippen molar-refractivity contribution in [3.05, 3.63) is 35.4 Å². The molecule has 1 spiro atoms. The van der Waals surface area contributed by atoms with Crippen molar-refractivity contribution in [2.45, 2.75) is 76.7 Å². The Morgan fingerprint density at radius 1 is 1.25 bits per heavy atom. The summed E-state index contributed by atoms with van der Waals surface area (Å²) in [5.41, 5.74) is 5.33. The number of nitrogens with zero attached hydrogens (tertiary/aromatic N) is 4. The molecule has 5 unspecified atom stereocenters. The number of carbonyl (C=O) groups is 2. The number of aliphatic imine (C=N–C) groups is 2. The minimum atomic E-state index is -0.704. The molecular formula is C31H41N7O6. The van der Waals surface area contributed by atoms with E-state index < -0.39 is 29.6 Å². The fourth-order valence-electron chi connectivity index (χ4n) is 8.11. The summed E-state index contributed by atoms with van der Waals surface area (Å²) in [6, 6.07) is -1.27. The van der Waals surface area contributed by atoms with E-state index >= 15 is 0 Å². The summed E-state index contributed by atoms with van der Waals surface area (Å²) >= 11 is 0. The van der Waals surface area contributed by atoms with Gasteiger partial charge in [0.25, 0.3) is 0 Å². The second-order valence-corrected chi connectivity index (χ2v) is 13.3. The molecule has 1 amide bonds. The Bertz CT molecular complexity index is 1440. The molecule has 0 aromatic carbocycles. The fourth-order valence-corrected chi connectivity index (χ4v) is 8.11. The maximum absolute atomic E-state index is 13.4. The molecule has 6 rings (SSSR count). The van der Waals surface area contributed by atoms with Crippen LogP contribution in [0, 0.1) is 22.7 Å². The zero-order valence-corrected chi connectivity index (χ0v) is 25.3. The molecule has 44 heavy (non-hydrogen) atoms. The third-order valence-corrected chi connectivity index (χ3v) is 10.7. The number of epoxide rings is 1. The molecule has 6 N–H and O–H groups in total. The molecule has 3 aliphatic heterocycles. The summed E-state index contributed by atoms with van der Waals surface area (Å²) in [6.45, 7) is 6.87. The average molecular weight is 608 g/mol. The second-order valence-electron chi connectivity index (χ2n) is 13.3. The minimum Gasteiger partial charge on any atom is -0.423 e. The van der Waals surface area contributed by atoms with Gasteiger partial charge < -0.3 is 25.4 Å². The van der Waals surface area contributed by atoms with E-state index in [2.05, 4.69) is 37.5 Å². The number of nitrogens with one attached hydrogen (secondary N) is 2. The molecule has 5 aliphatic rings. The van der Waals surface area contributed by atoms with Crippen LogP contribution in [-0.2, 0) is 19.1 Å². The molecule has 1 aromatic heterocycles. The molecule has 3 fully saturated rings. The van der Waals surface area contributed by atoms with Gasteiger partial charge in [-0.2, -0.15) is 0 Å². The molecule has 1 aromatic rings. The van der Waals surface area contributed by atoms with Gasteiger partial charge in [0.2, 0.25) is 17.8 Å². The van der Waals surface area contributed by atoms with Gasteiger partial charge in [0, 0.05) is 35.6 Å². The lowest BCUT2D eigenvalue weighted by molar-refractivity contribution is -0.177. The van der Waals surface area contributed by atoms with Gasteiger partial charge in [-0.1, -0.05) is 13.8 Å². The topological polar surface area (TPSA) is 197 Å². The Labute approximate surface area is 256 Å². The summed E-state index contributed by atoms with van der Waals surface area (Å²) in [5, 5.41) is 27.7. The number of aromatic nitrogens is 2. The lowest BCUT2D eigenvalue weighted by Crippen LogP contribution is -2.61. The number of nitrogens with two attached hydrogens (primary N) is 1. The van der Waals surface area contributed by atoms with E-state index in [1.165, 1.54) is 12.4 Å². The lowest BCUT2D eigenvalue weighted by Gasteiger charge is -2.61. The van der Waals surface area contributed by atoms with Gasteiger partial charge in [-0.05, 0) is 68.4 Å². The van der Waals surface area contributed by atoms with Crippen LogP contribution < -0.4 is 16.4 Å². The van der Waals surface area contributed by atoms with Crippen LogP contribution in [-0.4, -0.2) is 87.8 Å². The van der Waals surface area contributed by atoms with Crippen molar-refractivity contribution in [1.29, 1.82) is 0 Å². The molecule has 8 atom stereocenters. The third-order valence-electron chi connectivity index (χ3n) is 10.7. The highest BCUT2D eigenvalue weighted by Gasteiger charge is 2.67. The van der Waals surface area contributed by atoms with Gasteiger partial charge in [-0.3, -0.25) is 15.4 Å². The van der Waals surface area contributed by atoms with E-state index in [1.54, 1.807) is 25.3 Å². The Kier molecular flexibility index (Phi) is 7.93. The highest BCUT2D eigenvalue weighted by molar-refractivity contribution is 6.04. The molecule has 2 aliphatic carbocycles. The van der Waals surface area contributed by atoms with Crippen LogP contribution in [0.3, 0.4) is 0 Å². The van der Waals surface area contributed by atoms with E-state index in [0.29, 0.717) is 42.9 Å². The average Bonchev–Trinajstić information content (AvgIpc) is 3.39. The largest absolute Gasteiger partial charge is 0.423 e. The van der Waals surface area contributed by atoms with Gasteiger partial charge in [0.15, 0.2) is 0 Å². The van der Waals surface area contributed by atoms with E-state index in [9.17, 15) is 19.8 Å². The van der Waals surface area contributed by atoms with E-state index in [-0.39, 0.29) is 47.3 Å². The number of fused-ring (bicyclic) bond motifs is 1. The smallest absolute Gasteiger partial charge is 0.341 e. The number of hydrogen-bond acceptors (Lipinski definition) is 12. The molecule has 236 valence electrons. The number of amides is 1. The number of carbonyl (C=O) groups excluding carboxylic acids is 2. The Morgan fingerprint density at radius 3 is 2.66 bits per heavy atom. The van der Waals surface area contributed by atoms with Crippen LogP contribution >= 0.6 is 0 Å². The van der Waals surface area contributed by atoms with Crippen LogP contribution in [0.1, 0.15) is 58.4 Å². The van der Waals surface area contributed by atoms with Gasteiger partial charge >= 0.3 is 5.97 Å². The maximum Gasteiger partial charge on any atom is 0.341 e. The van der Waals surface area contributed by atoms with Crippen LogP contribution in [0.15, 0.2) is 39.8 Å². The molecule has 1 saturated heterocycles. The highest BCUT2D eigenvalue weighted by Crippen LogP contribution is 2.66. The summed E-state index contributed by atoms with van der Waals surface area (Å²) in [5.74, 6) is -0.0770. The summed E-state index contributed by atoms with van der Waals surface area (Å²) in [7, 11) is 0. The van der Waals surface area contributed by atoms with Gasteiger partial charge in [0.05, 0.1) is 43.1 Å². The van der Waals surface area contributed by atoms with Crippen molar-refractivity contribution >= 4 is 36.1 Å². The van der Waals surface area contributed by atoms with E-state index in [0.717, 1.165) is 19.3 Å². The van der Waals surface area contributed by atoms with Gasteiger partial charge in [0.1, 0.15) is 5.76 Å². The van der Waals surface area contributed by atoms with Crippen molar-refractivity contribution in [3.8, 4) is 0 Å². The summed E-state index contributed by atoms with van der Waals surface area (Å²) < 4.78 is 11.9. The Balaban J connectivity index is 1.33. The van der Waals surface area contributed by atoms with Crippen molar-refractivity contribution in [2.24, 2.45) is 32.7 Å². The molecular weight excluding hydrogens is 566 g/mol. The number of cyclic esters (lactones) is 1. The number of allylic oxidation sites excluding steroid dienone is 1. The first kappa shape index (κ1) is 30.5. The fraction of sp³-hybridized carbons (Fsp3) is 0.613. The van der Waals surface area contributed by atoms with Crippen LogP contribution in [0.25, 0.3) is 6.08 Å². The van der Waals surface area contributed by atoms with Crippen molar-refractivity contribution in [1.82, 2.24) is 20.6 Å². The number of guanidine groups is 1. The maximum atomic E-state index is 13.4. The molecule has 0 radical (unpaired) electrons. The van der Waals surface area contributed by atoms with Crippen LogP contribution in [0.4, 0.5) is 5.95 Å². The predicted molar refractivity (Wildman–Crippen MR) is 162 cm³/mol. The third kappa shape index (κ3) is 5.46. The second kappa shape index (κ2) is 11.4. The SMILES string of the molecule is CC(NC(CC1C2(CCC3[C@]1(C)CC[C@@H](O)[C@@]3(C)CO)CO2)C1=C/C(=C\c2cnc(N)nc2)OC1=O)C(=O)NC1=NCC=N1. The first-order chi connectivity index (χ1) is 21.0. The number of nitrogen functional groups attached to an aromatic ring is 1. The molecule has 4 heterocycles. The van der Waals surface area contributed by atoms with E-state index in [4.69, 9.17) is 15.2 Å². The zero-order chi connectivity index (χ0) is 31.3. The van der Waals surface area contributed by atoms with Crippen LogP contribution in [0.2, 0.25) is 0 Å². The quantitative estimate of drug-likeness (QED) is 0.211. The molecule has 2 saturated carbocycles. The normalized spacial score (nSPS) is 36.4. The first-order valence-corrected chi connectivity index (χ1v) is 15.3. The van der Waals surface area contributed by atoms with Gasteiger partial charge in [-0.25, -0.2) is 24.7 Å². The number of ether oxygens (including phenoxy) is 2. The highest BCUT2D eigenvalue weighted by atomic mass is 16.6. The van der Waals surface area contributed by atoms with Crippen molar-refractivity contribution < 1.29 is 29.3 Å². The first-order valence-electron chi connectivity index (χ1n) is 15.3. The van der Waals surface area contributed by atoms with Crippen molar-refractivity contribution in [2.75, 3.05) is 25.5 Å². The Morgan fingerprint density at radius 2 is 2.00 bits per heavy atom. The summed E-state index contributed by atoms with van der Waals surface area (Å²) in [4.78, 5) is 42.8. The number of rotatable bonds is 8. The number of aliphatic hydroxyl groups is 2. The molecule has 0 bridgehead atoms. The monoisotopic (exact) mass is 607 g/mol.